The van der Waals surface area contributed by atoms with Gasteiger partial charge in [-0.05, 0) is 0 Å². The molecule has 0 atom stereocenters. The molecule has 0 amide bonds. The normalized spacial score (nSPS) is 27.6. The van der Waals surface area contributed by atoms with Crippen LogP contribution in [0.25, 0.3) is 0 Å². The van der Waals surface area contributed by atoms with Crippen molar-refractivity contribution in [2.24, 2.45) is 0 Å². The fourth-order valence-electron chi connectivity index (χ4n) is 6.49. The van der Waals surface area contributed by atoms with Crippen LogP contribution in [0.3, 0.4) is 0 Å². The van der Waals surface area contributed by atoms with E-state index in [1.54, 1.807) is 89.6 Å². The summed E-state index contributed by atoms with van der Waals surface area (Å²) in [5.41, 5.74) is 3.75. The molecule has 0 aliphatic heterocycles. The second-order valence-electron chi connectivity index (χ2n) is 8.16. The zero-order valence-corrected chi connectivity index (χ0v) is 14.8. The second kappa shape index (κ2) is 7.13. The van der Waals surface area contributed by atoms with E-state index in [0.29, 0.717) is 0 Å². The Bertz CT molecular complexity index is 239. The molecule has 1 heteroatoms. The molecule has 0 bridgehead atoms. The van der Waals surface area contributed by atoms with Gasteiger partial charge in [-0.15, -0.1) is 0 Å². The molecule has 0 saturated heterocycles. The topological polar surface area (TPSA) is 0 Å². The first kappa shape index (κ1) is 15.3. The fraction of sp³-hybridized carbons (Fsp3) is 1.00. The molecule has 0 heterocycles. The molecule has 3 aliphatic carbocycles. The standard InChI is InChI=1S/C19H37P/c1-2-3-16-20(17-10-4-5-11-17,18-12-6-7-13-18)19-14-8-9-15-19/h17-20H,2-16H2,1H3. The van der Waals surface area contributed by atoms with E-state index >= 15 is 0 Å². The summed E-state index contributed by atoms with van der Waals surface area (Å²) in [6.45, 7) is 2.43. The molecule has 3 aliphatic rings. The maximum absolute atomic E-state index is 2.43. The Morgan fingerprint density at radius 3 is 1.30 bits per heavy atom. The van der Waals surface area contributed by atoms with E-state index in [-0.39, 0.29) is 0 Å². The van der Waals surface area contributed by atoms with Gasteiger partial charge in [0.25, 0.3) is 0 Å². The molecule has 118 valence electrons. The molecule has 3 fully saturated rings. The second-order valence-corrected chi connectivity index (χ2v) is 13.3. The van der Waals surface area contributed by atoms with Crippen molar-refractivity contribution in [3.05, 3.63) is 0 Å². The average Bonchev–Trinajstić information content (AvgIpc) is 3.23. The molecular formula is C19H37P. The van der Waals surface area contributed by atoms with Crippen LogP contribution in [0.2, 0.25) is 0 Å². The predicted molar refractivity (Wildman–Crippen MR) is 94.9 cm³/mol. The van der Waals surface area contributed by atoms with Crippen molar-refractivity contribution in [3.8, 4) is 0 Å². The molecule has 0 spiro atoms. The third kappa shape index (κ3) is 2.84. The maximum atomic E-state index is 2.43. The summed E-state index contributed by atoms with van der Waals surface area (Å²) in [6, 6.07) is 0. The van der Waals surface area contributed by atoms with Gasteiger partial charge >= 0.3 is 127 Å². The summed E-state index contributed by atoms with van der Waals surface area (Å²) in [4.78, 5) is 0. The van der Waals surface area contributed by atoms with Crippen LogP contribution in [-0.4, -0.2) is 23.1 Å². The summed E-state index contributed by atoms with van der Waals surface area (Å²) in [5, 5.41) is 0. The fourth-order valence-corrected chi connectivity index (χ4v) is 15.1. The van der Waals surface area contributed by atoms with Gasteiger partial charge in [0, 0.05) is 0 Å². The molecule has 3 rings (SSSR count). The van der Waals surface area contributed by atoms with Crippen LogP contribution in [0, 0.1) is 0 Å². The molecule has 0 N–H and O–H groups in total. The van der Waals surface area contributed by atoms with E-state index in [4.69, 9.17) is 0 Å². The van der Waals surface area contributed by atoms with Crippen molar-refractivity contribution < 1.29 is 0 Å². The van der Waals surface area contributed by atoms with Crippen molar-refractivity contribution in [1.29, 1.82) is 0 Å². The van der Waals surface area contributed by atoms with Gasteiger partial charge in [-0.3, -0.25) is 0 Å². The monoisotopic (exact) mass is 296 g/mol. The zero-order valence-electron chi connectivity index (χ0n) is 13.8. The minimum absolute atomic E-state index is 1.02. The van der Waals surface area contributed by atoms with Crippen molar-refractivity contribution >= 4 is 7.26 Å². The van der Waals surface area contributed by atoms with Crippen LogP contribution in [0.4, 0.5) is 0 Å². The zero-order chi connectivity index (χ0) is 13.8. The van der Waals surface area contributed by atoms with Crippen LogP contribution < -0.4 is 0 Å². The molecule has 0 aromatic heterocycles. The van der Waals surface area contributed by atoms with Crippen LogP contribution in [-0.2, 0) is 0 Å². The Morgan fingerprint density at radius 1 is 0.650 bits per heavy atom. The quantitative estimate of drug-likeness (QED) is 0.500. The van der Waals surface area contributed by atoms with E-state index < -0.39 is 7.26 Å². The van der Waals surface area contributed by atoms with Gasteiger partial charge < -0.3 is 0 Å². The number of unbranched alkanes of at least 4 members (excludes halogenated alkanes) is 1. The first-order valence-corrected chi connectivity index (χ1v) is 12.3. The third-order valence-electron chi connectivity index (χ3n) is 7.31. The van der Waals surface area contributed by atoms with Crippen LogP contribution >= 0.6 is 7.26 Å². The summed E-state index contributed by atoms with van der Waals surface area (Å²) >= 11 is 0. The summed E-state index contributed by atoms with van der Waals surface area (Å²) in [5.74, 6) is 0. The van der Waals surface area contributed by atoms with Gasteiger partial charge in [-0.25, -0.2) is 0 Å². The van der Waals surface area contributed by atoms with E-state index in [1.807, 2.05) is 0 Å². The molecule has 20 heavy (non-hydrogen) atoms. The van der Waals surface area contributed by atoms with Gasteiger partial charge in [-0.1, -0.05) is 0 Å². The first-order chi connectivity index (χ1) is 9.88. The first-order valence-electron chi connectivity index (χ1n) is 9.88. The number of rotatable bonds is 6. The molecule has 0 nitrogen and oxygen atoms in total. The molecule has 0 unspecified atom stereocenters. The number of hydrogen-bond acceptors (Lipinski definition) is 0. The number of hydrogen-bond donors (Lipinski definition) is 0. The third-order valence-corrected chi connectivity index (χ3v) is 14.8. The Hall–Kier alpha value is 0.430. The Labute approximate surface area is 127 Å². The summed E-state index contributed by atoms with van der Waals surface area (Å²) in [7, 11) is -1.02. The molecule has 3 saturated carbocycles. The van der Waals surface area contributed by atoms with E-state index in [9.17, 15) is 0 Å². The van der Waals surface area contributed by atoms with Crippen molar-refractivity contribution in [2.45, 2.75) is 114 Å². The Balaban J connectivity index is 1.87. The van der Waals surface area contributed by atoms with Crippen molar-refractivity contribution in [1.82, 2.24) is 0 Å². The molecule has 0 radical (unpaired) electrons. The molecular weight excluding hydrogens is 259 g/mol. The minimum atomic E-state index is -1.02. The van der Waals surface area contributed by atoms with Crippen LogP contribution in [0.1, 0.15) is 96.8 Å². The molecule has 0 aromatic rings. The van der Waals surface area contributed by atoms with Gasteiger partial charge in [-0.2, -0.15) is 0 Å². The van der Waals surface area contributed by atoms with Crippen molar-refractivity contribution in [3.63, 3.8) is 0 Å². The van der Waals surface area contributed by atoms with Crippen LogP contribution in [0.15, 0.2) is 0 Å². The van der Waals surface area contributed by atoms with Gasteiger partial charge in [0.1, 0.15) is 0 Å². The van der Waals surface area contributed by atoms with Gasteiger partial charge in [0.15, 0.2) is 0 Å². The van der Waals surface area contributed by atoms with Gasteiger partial charge in [0.2, 0.25) is 0 Å². The Morgan fingerprint density at radius 2 is 1.00 bits per heavy atom. The van der Waals surface area contributed by atoms with E-state index in [1.165, 1.54) is 23.4 Å². The predicted octanol–water partition coefficient (Wildman–Crippen LogP) is 6.36. The summed E-state index contributed by atoms with van der Waals surface area (Å²) < 4.78 is 0. The Kier molecular flexibility index (Phi) is 5.46. The van der Waals surface area contributed by atoms with Crippen LogP contribution in [0.5, 0.6) is 0 Å². The summed E-state index contributed by atoms with van der Waals surface area (Å²) in [6.07, 6.45) is 24.0. The van der Waals surface area contributed by atoms with E-state index in [2.05, 4.69) is 6.92 Å². The van der Waals surface area contributed by atoms with Crippen molar-refractivity contribution in [2.75, 3.05) is 6.16 Å². The molecule has 0 aromatic carbocycles. The van der Waals surface area contributed by atoms with Gasteiger partial charge in [0.05, 0.1) is 0 Å². The van der Waals surface area contributed by atoms with E-state index in [0.717, 1.165) is 0 Å². The average molecular weight is 296 g/mol. The SMILES string of the molecule is CCCC[PH](C1CCCC1)(C1CCCC1)C1CCCC1.